The van der Waals surface area contributed by atoms with Gasteiger partial charge in [0.25, 0.3) is 0 Å². The topological polar surface area (TPSA) is 29.5 Å². The number of hydrogen-bond acceptors (Lipinski definition) is 4. The van der Waals surface area contributed by atoms with Crippen molar-refractivity contribution in [2.24, 2.45) is 0 Å². The van der Waals surface area contributed by atoms with E-state index in [1.54, 1.807) is 18.4 Å². The average molecular weight is 472 g/mol. The number of rotatable bonds is 4. The molecule has 1 aliphatic heterocycles. The maximum absolute atomic E-state index is 13.7. The molecule has 0 aromatic heterocycles. The molecule has 1 heterocycles. The third-order valence-corrected chi connectivity index (χ3v) is 6.36. The second kappa shape index (κ2) is 10.7. The van der Waals surface area contributed by atoms with Gasteiger partial charge in [0.15, 0.2) is 5.78 Å². The summed E-state index contributed by atoms with van der Waals surface area (Å²) in [5.74, 6) is -0.424. The van der Waals surface area contributed by atoms with Crippen LogP contribution >= 0.6 is 11.8 Å². The third-order valence-electron chi connectivity index (χ3n) is 5.60. The first-order valence-corrected chi connectivity index (χ1v) is 11.4. The number of methoxy groups -OCH3 is 1. The molecule has 1 fully saturated rings. The first kappa shape index (κ1) is 26.2. The van der Waals surface area contributed by atoms with E-state index < -0.39 is 11.7 Å². The highest BCUT2D eigenvalue weighted by Crippen LogP contribution is 2.38. The van der Waals surface area contributed by atoms with Crippen LogP contribution in [0.5, 0.6) is 5.75 Å². The number of benzene rings is 2. The van der Waals surface area contributed by atoms with E-state index in [2.05, 4.69) is 18.9 Å². The van der Waals surface area contributed by atoms with Crippen LogP contribution in [0.25, 0.3) is 0 Å². The van der Waals surface area contributed by atoms with Crippen molar-refractivity contribution in [3.05, 3.63) is 58.9 Å². The smallest absolute Gasteiger partial charge is 0.416 e. The van der Waals surface area contributed by atoms with E-state index >= 15 is 0 Å². The summed E-state index contributed by atoms with van der Waals surface area (Å²) in [5.41, 5.74) is 0.228. The molecule has 2 aromatic rings. The quantitative estimate of drug-likeness (QED) is 0.291. The molecule has 176 valence electrons. The Hall–Kier alpha value is -2.06. The number of halogens is 4. The minimum Gasteiger partial charge on any atom is -0.496 e. The number of Topliss-reactive ketones (excluding diaryl/α,β-unsaturated/α-hetero) is 1. The van der Waals surface area contributed by atoms with Crippen LogP contribution in [-0.2, 0) is 11.6 Å². The van der Waals surface area contributed by atoms with E-state index in [0.717, 1.165) is 55.4 Å². The second-order valence-electron chi connectivity index (χ2n) is 8.19. The van der Waals surface area contributed by atoms with Crippen LogP contribution in [0, 0.1) is 5.82 Å². The molecule has 1 atom stereocenters. The first-order chi connectivity index (χ1) is 14.9. The van der Waals surface area contributed by atoms with Gasteiger partial charge in [0, 0.05) is 16.9 Å². The maximum Gasteiger partial charge on any atom is 0.416 e. The van der Waals surface area contributed by atoms with Gasteiger partial charge in [0.1, 0.15) is 11.6 Å². The van der Waals surface area contributed by atoms with Crippen LogP contribution in [0.15, 0.2) is 41.3 Å². The molecule has 0 radical (unpaired) electrons. The minimum absolute atomic E-state index is 0.0155. The normalized spacial score (nSPS) is 19.2. The summed E-state index contributed by atoms with van der Waals surface area (Å²) in [7, 11) is 3.35. The van der Waals surface area contributed by atoms with Gasteiger partial charge in [-0.1, -0.05) is 25.1 Å². The Balaban J connectivity index is 0.000000228. The number of likely N-dealkylation sites (tertiary alicyclic amines) is 1. The standard InChI is InChI=1S/C13H18FN.C11H11F3O2S/c1-13(8-5-9-15(2)10-13)11-6-3-4-7-12(11)14;1-6(15)10-8(16-2)4-7(11(12,13)14)5-9(10)17-3/h3-4,6-7H,5,8-10H2,1-2H3;4-5H,1-3H3/t13-;/m1./s1. The Morgan fingerprint density at radius 3 is 2.38 bits per heavy atom. The molecule has 0 amide bonds. The van der Waals surface area contributed by atoms with E-state index in [0.29, 0.717) is 0 Å². The van der Waals surface area contributed by atoms with Gasteiger partial charge < -0.3 is 9.64 Å². The molecule has 1 aliphatic rings. The summed E-state index contributed by atoms with van der Waals surface area (Å²) in [5, 5.41) is 0. The highest BCUT2D eigenvalue weighted by Gasteiger charge is 2.34. The van der Waals surface area contributed by atoms with Crippen molar-refractivity contribution in [1.82, 2.24) is 4.90 Å². The number of carbonyl (C=O) groups is 1. The van der Waals surface area contributed by atoms with Crippen LogP contribution in [-0.4, -0.2) is 44.2 Å². The molecular weight excluding hydrogens is 442 g/mol. The predicted octanol–water partition coefficient (Wildman–Crippen LogP) is 6.45. The van der Waals surface area contributed by atoms with Gasteiger partial charge in [-0.05, 0) is 63.4 Å². The Labute approximate surface area is 191 Å². The fourth-order valence-electron chi connectivity index (χ4n) is 4.09. The molecule has 0 saturated carbocycles. The Morgan fingerprint density at radius 2 is 1.88 bits per heavy atom. The third kappa shape index (κ3) is 6.25. The van der Waals surface area contributed by atoms with Gasteiger partial charge in [-0.2, -0.15) is 13.2 Å². The molecular formula is C24H29F4NO2S. The number of ether oxygens (including phenoxy) is 1. The molecule has 0 spiro atoms. The fraction of sp³-hybridized carbons (Fsp3) is 0.458. The largest absolute Gasteiger partial charge is 0.496 e. The van der Waals surface area contributed by atoms with E-state index in [1.807, 2.05) is 12.1 Å². The summed E-state index contributed by atoms with van der Waals surface area (Å²) in [6.45, 7) is 5.55. The Kier molecular flexibility index (Phi) is 8.76. The van der Waals surface area contributed by atoms with Crippen LogP contribution in [0.4, 0.5) is 17.6 Å². The van der Waals surface area contributed by atoms with E-state index in [9.17, 15) is 22.4 Å². The lowest BCUT2D eigenvalue weighted by Gasteiger charge is -2.39. The zero-order valence-electron chi connectivity index (χ0n) is 19.0. The highest BCUT2D eigenvalue weighted by molar-refractivity contribution is 7.98. The molecule has 0 aliphatic carbocycles. The monoisotopic (exact) mass is 471 g/mol. The number of thioether (sulfide) groups is 1. The number of nitrogens with zero attached hydrogens (tertiary/aromatic N) is 1. The van der Waals surface area contributed by atoms with E-state index in [1.165, 1.54) is 14.0 Å². The van der Waals surface area contributed by atoms with Gasteiger partial charge >= 0.3 is 6.18 Å². The van der Waals surface area contributed by atoms with Crippen molar-refractivity contribution in [1.29, 1.82) is 0 Å². The van der Waals surface area contributed by atoms with Gasteiger partial charge in [-0.3, -0.25) is 4.79 Å². The van der Waals surface area contributed by atoms with Gasteiger partial charge in [-0.15, -0.1) is 11.8 Å². The van der Waals surface area contributed by atoms with Gasteiger partial charge in [0.05, 0.1) is 18.2 Å². The average Bonchev–Trinajstić information content (AvgIpc) is 2.72. The number of piperidine rings is 1. The Bertz CT molecular complexity index is 923. The zero-order chi connectivity index (χ0) is 24.1. The van der Waals surface area contributed by atoms with Crippen molar-refractivity contribution >= 4 is 17.5 Å². The number of ketones is 1. The number of hydrogen-bond donors (Lipinski definition) is 0. The fourth-order valence-corrected chi connectivity index (χ4v) is 4.78. The maximum atomic E-state index is 13.7. The van der Waals surface area contributed by atoms with Crippen molar-refractivity contribution in [3.63, 3.8) is 0 Å². The predicted molar refractivity (Wildman–Crippen MR) is 120 cm³/mol. The lowest BCUT2D eigenvalue weighted by Crippen LogP contribution is -2.42. The van der Waals surface area contributed by atoms with Gasteiger partial charge in [-0.25, -0.2) is 4.39 Å². The summed E-state index contributed by atoms with van der Waals surface area (Å²) in [6.07, 6.45) is -0.603. The lowest BCUT2D eigenvalue weighted by molar-refractivity contribution is -0.137. The molecule has 0 unspecified atom stereocenters. The van der Waals surface area contributed by atoms with E-state index in [4.69, 9.17) is 4.74 Å². The van der Waals surface area contributed by atoms with Gasteiger partial charge in [0.2, 0.25) is 0 Å². The molecule has 1 saturated heterocycles. The summed E-state index contributed by atoms with van der Waals surface area (Å²) in [4.78, 5) is 13.9. The summed E-state index contributed by atoms with van der Waals surface area (Å²) in [6, 6.07) is 8.98. The van der Waals surface area contributed by atoms with Crippen molar-refractivity contribution < 1.29 is 27.1 Å². The molecule has 0 N–H and O–H groups in total. The number of carbonyl (C=O) groups excluding carboxylic acids is 1. The van der Waals surface area contributed by atoms with Crippen LogP contribution in [0.2, 0.25) is 0 Å². The molecule has 2 aromatic carbocycles. The van der Waals surface area contributed by atoms with Crippen LogP contribution in [0.1, 0.15) is 48.2 Å². The van der Waals surface area contributed by atoms with Crippen molar-refractivity contribution in [3.8, 4) is 5.75 Å². The van der Waals surface area contributed by atoms with Crippen molar-refractivity contribution in [2.75, 3.05) is 33.5 Å². The zero-order valence-corrected chi connectivity index (χ0v) is 19.8. The lowest BCUT2D eigenvalue weighted by atomic mass is 9.76. The van der Waals surface area contributed by atoms with E-state index in [-0.39, 0.29) is 33.2 Å². The highest BCUT2D eigenvalue weighted by atomic mass is 32.2. The van der Waals surface area contributed by atoms with Crippen molar-refractivity contribution in [2.45, 2.75) is 43.2 Å². The SMILES string of the molecule is CN1CCC[C@@](C)(c2ccccc2F)C1.COc1cc(C(F)(F)F)cc(SC)c1C(C)=O. The summed E-state index contributed by atoms with van der Waals surface area (Å²) >= 11 is 1.08. The molecule has 0 bridgehead atoms. The van der Waals surface area contributed by atoms with Crippen LogP contribution < -0.4 is 4.74 Å². The number of likely N-dealkylation sites (N-methyl/N-ethyl adjacent to an activating group) is 1. The summed E-state index contributed by atoms with van der Waals surface area (Å²) < 4.78 is 56.4. The molecule has 8 heteroatoms. The first-order valence-electron chi connectivity index (χ1n) is 10.2. The van der Waals surface area contributed by atoms with Crippen LogP contribution in [0.3, 0.4) is 0 Å². The molecule has 3 rings (SSSR count). The molecule has 32 heavy (non-hydrogen) atoms. The molecule has 3 nitrogen and oxygen atoms in total. The minimum atomic E-state index is -4.45. The Morgan fingerprint density at radius 1 is 1.22 bits per heavy atom. The number of alkyl halides is 3. The second-order valence-corrected chi connectivity index (χ2v) is 9.04.